The smallest absolute Gasteiger partial charge is 0.129 e. The van der Waals surface area contributed by atoms with Crippen molar-refractivity contribution in [3.63, 3.8) is 0 Å². The van der Waals surface area contributed by atoms with E-state index in [4.69, 9.17) is 11.6 Å². The van der Waals surface area contributed by atoms with Gasteiger partial charge in [-0.1, -0.05) is 11.6 Å². The molecule has 5 heteroatoms. The second-order valence-electron chi connectivity index (χ2n) is 3.65. The van der Waals surface area contributed by atoms with Gasteiger partial charge in [-0.05, 0) is 24.3 Å². The summed E-state index contributed by atoms with van der Waals surface area (Å²) in [4.78, 5) is 12.6. The Labute approximate surface area is 113 Å². The summed E-state index contributed by atoms with van der Waals surface area (Å²) < 4.78 is 0. The van der Waals surface area contributed by atoms with Crippen LogP contribution in [0.4, 0.5) is 0 Å². The maximum Gasteiger partial charge on any atom is 0.129 e. The third-order valence-corrected chi connectivity index (χ3v) is 3.53. The Morgan fingerprint density at radius 2 is 2.06 bits per heavy atom. The molecule has 0 aliphatic rings. The van der Waals surface area contributed by atoms with Gasteiger partial charge in [-0.25, -0.2) is 9.97 Å². The van der Waals surface area contributed by atoms with E-state index in [0.717, 1.165) is 21.8 Å². The van der Waals surface area contributed by atoms with Crippen molar-refractivity contribution in [2.75, 3.05) is 0 Å². The number of hydrogen-bond donors (Lipinski definition) is 0. The molecule has 0 aromatic carbocycles. The minimum Gasteiger partial charge on any atom is -0.264 e. The SMILES string of the molecule is Clc1cc(-c2nc(-c3cccnc3)cs2)ccn1. The molecule has 0 unspecified atom stereocenters. The van der Waals surface area contributed by atoms with Gasteiger partial charge >= 0.3 is 0 Å². The van der Waals surface area contributed by atoms with Gasteiger partial charge in [0.25, 0.3) is 0 Å². The van der Waals surface area contributed by atoms with Crippen LogP contribution in [0.15, 0.2) is 48.2 Å². The lowest BCUT2D eigenvalue weighted by Crippen LogP contribution is -1.81. The molecule has 3 aromatic heterocycles. The predicted octanol–water partition coefficient (Wildman–Crippen LogP) is 3.92. The first-order valence-electron chi connectivity index (χ1n) is 5.31. The van der Waals surface area contributed by atoms with Crippen LogP contribution in [-0.2, 0) is 0 Å². The summed E-state index contributed by atoms with van der Waals surface area (Å²) in [7, 11) is 0. The molecule has 88 valence electrons. The van der Waals surface area contributed by atoms with E-state index in [1.807, 2.05) is 29.6 Å². The zero-order valence-corrected chi connectivity index (χ0v) is 10.8. The van der Waals surface area contributed by atoms with Crippen LogP contribution in [0.2, 0.25) is 5.15 Å². The first-order chi connectivity index (χ1) is 8.83. The highest BCUT2D eigenvalue weighted by molar-refractivity contribution is 7.13. The molecule has 0 aliphatic heterocycles. The summed E-state index contributed by atoms with van der Waals surface area (Å²) in [5, 5.41) is 3.42. The van der Waals surface area contributed by atoms with Crippen molar-refractivity contribution in [2.24, 2.45) is 0 Å². The third-order valence-electron chi connectivity index (χ3n) is 2.44. The second-order valence-corrected chi connectivity index (χ2v) is 4.89. The quantitative estimate of drug-likeness (QED) is 0.664. The zero-order chi connectivity index (χ0) is 12.4. The van der Waals surface area contributed by atoms with Gasteiger partial charge in [0, 0.05) is 35.1 Å². The molecule has 0 bridgehead atoms. The van der Waals surface area contributed by atoms with E-state index in [0.29, 0.717) is 5.15 Å². The molecule has 0 aliphatic carbocycles. The Hall–Kier alpha value is -1.78. The number of pyridine rings is 2. The van der Waals surface area contributed by atoms with Crippen LogP contribution in [-0.4, -0.2) is 15.0 Å². The number of aromatic nitrogens is 3. The Morgan fingerprint density at radius 3 is 2.83 bits per heavy atom. The van der Waals surface area contributed by atoms with Crippen LogP contribution in [0.5, 0.6) is 0 Å². The first-order valence-corrected chi connectivity index (χ1v) is 6.56. The molecule has 0 saturated heterocycles. The van der Waals surface area contributed by atoms with Crippen molar-refractivity contribution in [2.45, 2.75) is 0 Å². The highest BCUT2D eigenvalue weighted by atomic mass is 35.5. The van der Waals surface area contributed by atoms with Gasteiger partial charge < -0.3 is 0 Å². The van der Waals surface area contributed by atoms with E-state index in [1.165, 1.54) is 0 Å². The highest BCUT2D eigenvalue weighted by Crippen LogP contribution is 2.29. The molecule has 0 atom stereocenters. The summed E-state index contributed by atoms with van der Waals surface area (Å²) >= 11 is 7.46. The lowest BCUT2D eigenvalue weighted by atomic mass is 10.2. The minimum absolute atomic E-state index is 0.477. The molecule has 0 saturated carbocycles. The maximum atomic E-state index is 5.87. The van der Waals surface area contributed by atoms with Crippen LogP contribution in [0.3, 0.4) is 0 Å². The number of hydrogen-bond acceptors (Lipinski definition) is 4. The molecule has 3 nitrogen and oxygen atoms in total. The predicted molar refractivity (Wildman–Crippen MR) is 73.6 cm³/mol. The lowest BCUT2D eigenvalue weighted by Gasteiger charge is -1.96. The van der Waals surface area contributed by atoms with E-state index in [-0.39, 0.29) is 0 Å². The second kappa shape index (κ2) is 4.84. The number of rotatable bonds is 2. The van der Waals surface area contributed by atoms with Crippen molar-refractivity contribution in [1.82, 2.24) is 15.0 Å². The van der Waals surface area contributed by atoms with Gasteiger partial charge in [0.2, 0.25) is 0 Å². The van der Waals surface area contributed by atoms with Crippen LogP contribution < -0.4 is 0 Å². The van der Waals surface area contributed by atoms with E-state index in [9.17, 15) is 0 Å². The molecular weight excluding hydrogens is 266 g/mol. The maximum absolute atomic E-state index is 5.87. The molecular formula is C13H8ClN3S. The van der Waals surface area contributed by atoms with Gasteiger partial charge in [-0.3, -0.25) is 4.98 Å². The molecule has 0 spiro atoms. The Morgan fingerprint density at radius 1 is 1.11 bits per heavy atom. The van der Waals surface area contributed by atoms with Gasteiger partial charge in [0.15, 0.2) is 0 Å². The molecule has 0 radical (unpaired) electrons. The minimum atomic E-state index is 0.477. The van der Waals surface area contributed by atoms with Gasteiger partial charge in [0.1, 0.15) is 10.2 Å². The highest BCUT2D eigenvalue weighted by Gasteiger charge is 2.07. The fourth-order valence-electron chi connectivity index (χ4n) is 1.59. The van der Waals surface area contributed by atoms with Crippen LogP contribution in [0.25, 0.3) is 21.8 Å². The number of nitrogens with zero attached hydrogens (tertiary/aromatic N) is 3. The molecule has 18 heavy (non-hydrogen) atoms. The van der Waals surface area contributed by atoms with E-state index < -0.39 is 0 Å². The summed E-state index contributed by atoms with van der Waals surface area (Å²) in [5.41, 5.74) is 2.92. The van der Waals surface area contributed by atoms with Gasteiger partial charge in [0.05, 0.1) is 5.69 Å². The number of halogens is 1. The Kier molecular flexibility index (Phi) is 3.04. The van der Waals surface area contributed by atoms with E-state index >= 15 is 0 Å². The lowest BCUT2D eigenvalue weighted by molar-refractivity contribution is 1.30. The van der Waals surface area contributed by atoms with Gasteiger partial charge in [-0.2, -0.15) is 0 Å². The summed E-state index contributed by atoms with van der Waals surface area (Å²) in [6.07, 6.45) is 5.24. The van der Waals surface area contributed by atoms with Crippen molar-refractivity contribution in [1.29, 1.82) is 0 Å². The Bertz CT molecular complexity index is 667. The normalized spacial score (nSPS) is 10.5. The summed E-state index contributed by atoms with van der Waals surface area (Å²) in [5.74, 6) is 0. The van der Waals surface area contributed by atoms with Gasteiger partial charge in [-0.15, -0.1) is 11.3 Å². The van der Waals surface area contributed by atoms with Crippen molar-refractivity contribution < 1.29 is 0 Å². The number of thiazole rings is 1. The third kappa shape index (κ3) is 2.25. The zero-order valence-electron chi connectivity index (χ0n) is 9.25. The average Bonchev–Trinajstić information content (AvgIpc) is 2.89. The van der Waals surface area contributed by atoms with E-state index in [1.54, 1.807) is 29.9 Å². The fraction of sp³-hybridized carbons (Fsp3) is 0. The standard InChI is InChI=1S/C13H8ClN3S/c14-12-6-9(3-5-16-12)13-17-11(8-18-13)10-2-1-4-15-7-10/h1-8H. The van der Waals surface area contributed by atoms with Crippen LogP contribution in [0.1, 0.15) is 0 Å². The van der Waals surface area contributed by atoms with Crippen molar-refractivity contribution in [3.05, 3.63) is 53.4 Å². The Balaban J connectivity index is 2.00. The molecule has 0 N–H and O–H groups in total. The van der Waals surface area contributed by atoms with Crippen LogP contribution in [0, 0.1) is 0 Å². The van der Waals surface area contributed by atoms with Crippen LogP contribution >= 0.6 is 22.9 Å². The molecule has 3 aromatic rings. The van der Waals surface area contributed by atoms with Crippen molar-refractivity contribution in [3.8, 4) is 21.8 Å². The van der Waals surface area contributed by atoms with Crippen molar-refractivity contribution >= 4 is 22.9 Å². The summed E-state index contributed by atoms with van der Waals surface area (Å²) in [6, 6.07) is 7.61. The topological polar surface area (TPSA) is 38.7 Å². The monoisotopic (exact) mass is 273 g/mol. The summed E-state index contributed by atoms with van der Waals surface area (Å²) in [6.45, 7) is 0. The largest absolute Gasteiger partial charge is 0.264 e. The molecule has 0 amide bonds. The molecule has 3 rings (SSSR count). The fourth-order valence-corrected chi connectivity index (χ4v) is 2.59. The molecule has 0 fully saturated rings. The average molecular weight is 274 g/mol. The first kappa shape index (κ1) is 11.3. The molecule has 3 heterocycles. The van der Waals surface area contributed by atoms with E-state index in [2.05, 4.69) is 15.0 Å².